The Balaban J connectivity index is 2.04. The Bertz CT molecular complexity index is 716. The second-order valence-corrected chi connectivity index (χ2v) is 6.67. The van der Waals surface area contributed by atoms with E-state index in [1.807, 2.05) is 0 Å². The van der Waals surface area contributed by atoms with Gasteiger partial charge in [-0.3, -0.25) is 4.79 Å². The molecule has 1 N–H and O–H groups in total. The zero-order chi connectivity index (χ0) is 15.9. The van der Waals surface area contributed by atoms with Crippen molar-refractivity contribution in [2.24, 2.45) is 0 Å². The molecule has 3 nitrogen and oxygen atoms in total. The van der Waals surface area contributed by atoms with Crippen LogP contribution >= 0.6 is 27.3 Å². The van der Waals surface area contributed by atoms with Crippen molar-refractivity contribution in [3.8, 4) is 0 Å². The van der Waals surface area contributed by atoms with Gasteiger partial charge in [-0.25, -0.2) is 0 Å². The predicted octanol–water partition coefficient (Wildman–Crippen LogP) is 4.64. The number of fused-ring (bicyclic) bond motifs is 1. The van der Waals surface area contributed by atoms with Gasteiger partial charge in [0, 0.05) is 20.4 Å². The molecule has 0 aliphatic carbocycles. The molecule has 0 saturated heterocycles. The first-order chi connectivity index (χ1) is 10.3. The molecule has 1 aromatic carbocycles. The van der Waals surface area contributed by atoms with Crippen LogP contribution in [0.5, 0.6) is 0 Å². The molecular weight excluding hydrogens is 381 g/mol. The summed E-state index contributed by atoms with van der Waals surface area (Å²) in [7, 11) is 0. The standard InChI is InChI=1S/C14H10BrF3N2OS/c15-8-5-11(22-6-8)12-19-10-4-2-1-3-9(10)13(21)20(12)7-14(16,17)18/h1-6,12,19H,7H2. The Morgan fingerprint density at radius 3 is 2.68 bits per heavy atom. The lowest BCUT2D eigenvalue weighted by Crippen LogP contribution is -2.47. The van der Waals surface area contributed by atoms with Gasteiger partial charge in [-0.15, -0.1) is 11.3 Å². The summed E-state index contributed by atoms with van der Waals surface area (Å²) in [5.41, 5.74) is 0.791. The number of alkyl halides is 3. The third-order valence-corrected chi connectivity index (χ3v) is 4.98. The van der Waals surface area contributed by atoms with E-state index in [0.717, 1.165) is 9.37 Å². The SMILES string of the molecule is O=C1c2ccccc2NC(c2cc(Br)cs2)N1CC(F)(F)F. The van der Waals surface area contributed by atoms with Crippen LogP contribution in [-0.4, -0.2) is 23.5 Å². The average Bonchev–Trinajstić information content (AvgIpc) is 2.87. The zero-order valence-electron chi connectivity index (χ0n) is 11.0. The first kappa shape index (κ1) is 15.4. The van der Waals surface area contributed by atoms with Crippen molar-refractivity contribution >= 4 is 38.9 Å². The van der Waals surface area contributed by atoms with Gasteiger partial charge in [0.1, 0.15) is 12.7 Å². The van der Waals surface area contributed by atoms with E-state index >= 15 is 0 Å². The van der Waals surface area contributed by atoms with E-state index in [1.165, 1.54) is 17.4 Å². The molecule has 1 atom stereocenters. The van der Waals surface area contributed by atoms with E-state index in [1.54, 1.807) is 29.6 Å². The molecule has 1 aliphatic rings. The lowest BCUT2D eigenvalue weighted by Gasteiger charge is -2.37. The second kappa shape index (κ2) is 5.58. The first-order valence-electron chi connectivity index (χ1n) is 6.32. The van der Waals surface area contributed by atoms with Crippen molar-refractivity contribution in [3.63, 3.8) is 0 Å². The number of benzene rings is 1. The molecular formula is C14H10BrF3N2OS. The van der Waals surface area contributed by atoms with Crippen LogP contribution in [0.2, 0.25) is 0 Å². The summed E-state index contributed by atoms with van der Waals surface area (Å²) in [5.74, 6) is -0.624. The number of hydrogen-bond acceptors (Lipinski definition) is 3. The van der Waals surface area contributed by atoms with Crippen molar-refractivity contribution in [1.82, 2.24) is 4.90 Å². The Kier molecular flexibility index (Phi) is 3.90. The monoisotopic (exact) mass is 390 g/mol. The summed E-state index contributed by atoms with van der Waals surface area (Å²) in [6.45, 7) is -1.30. The Morgan fingerprint density at radius 2 is 2.05 bits per heavy atom. The Labute approximate surface area is 136 Å². The van der Waals surface area contributed by atoms with E-state index in [0.29, 0.717) is 10.6 Å². The minimum Gasteiger partial charge on any atom is -0.360 e. The summed E-state index contributed by atoms with van der Waals surface area (Å²) in [4.78, 5) is 13.9. The minimum absolute atomic E-state index is 0.249. The average molecular weight is 391 g/mol. The van der Waals surface area contributed by atoms with Gasteiger partial charge in [-0.1, -0.05) is 12.1 Å². The molecule has 1 aliphatic heterocycles. The largest absolute Gasteiger partial charge is 0.406 e. The summed E-state index contributed by atoms with van der Waals surface area (Å²) < 4.78 is 39.3. The van der Waals surface area contributed by atoms with Gasteiger partial charge in [-0.2, -0.15) is 13.2 Å². The van der Waals surface area contributed by atoms with E-state index < -0.39 is 24.8 Å². The summed E-state index contributed by atoms with van der Waals surface area (Å²) in [5, 5.41) is 4.80. The fourth-order valence-corrected chi connectivity index (χ4v) is 3.85. The first-order valence-corrected chi connectivity index (χ1v) is 7.99. The minimum atomic E-state index is -4.46. The van der Waals surface area contributed by atoms with Gasteiger partial charge in [0.2, 0.25) is 0 Å². The highest BCUT2D eigenvalue weighted by atomic mass is 79.9. The number of amides is 1. The number of halogens is 4. The number of rotatable bonds is 2. The molecule has 0 spiro atoms. The summed E-state index contributed by atoms with van der Waals surface area (Å²) >= 11 is 4.58. The number of para-hydroxylation sites is 1. The molecule has 8 heteroatoms. The van der Waals surface area contributed by atoms with Crippen LogP contribution < -0.4 is 5.32 Å². The third-order valence-electron chi connectivity index (χ3n) is 3.23. The fraction of sp³-hybridized carbons (Fsp3) is 0.214. The third kappa shape index (κ3) is 2.98. The lowest BCUT2D eigenvalue weighted by atomic mass is 10.1. The molecule has 116 valence electrons. The van der Waals surface area contributed by atoms with Gasteiger partial charge in [0.25, 0.3) is 5.91 Å². The van der Waals surface area contributed by atoms with E-state index in [-0.39, 0.29) is 5.56 Å². The molecule has 2 heterocycles. The van der Waals surface area contributed by atoms with Crippen LogP contribution in [0.1, 0.15) is 21.4 Å². The van der Waals surface area contributed by atoms with Gasteiger partial charge in [0.15, 0.2) is 0 Å². The van der Waals surface area contributed by atoms with Crippen LogP contribution in [-0.2, 0) is 0 Å². The molecule has 1 aromatic heterocycles. The number of nitrogens with zero attached hydrogens (tertiary/aromatic N) is 1. The quantitative estimate of drug-likeness (QED) is 0.809. The second-order valence-electron chi connectivity index (χ2n) is 4.81. The highest BCUT2D eigenvalue weighted by Crippen LogP contribution is 2.37. The van der Waals surface area contributed by atoms with Crippen molar-refractivity contribution < 1.29 is 18.0 Å². The molecule has 1 unspecified atom stereocenters. The molecule has 2 aromatic rings. The fourth-order valence-electron chi connectivity index (χ4n) is 2.35. The highest BCUT2D eigenvalue weighted by Gasteiger charge is 2.41. The van der Waals surface area contributed by atoms with Crippen molar-refractivity contribution in [1.29, 1.82) is 0 Å². The normalized spacial score (nSPS) is 18.1. The molecule has 3 rings (SSSR count). The lowest BCUT2D eigenvalue weighted by molar-refractivity contribution is -0.144. The topological polar surface area (TPSA) is 32.3 Å². The number of carbonyl (C=O) groups is 1. The number of hydrogen-bond donors (Lipinski definition) is 1. The number of nitrogens with one attached hydrogen (secondary N) is 1. The van der Waals surface area contributed by atoms with Gasteiger partial charge >= 0.3 is 6.18 Å². The maximum Gasteiger partial charge on any atom is 0.406 e. The smallest absolute Gasteiger partial charge is 0.360 e. The van der Waals surface area contributed by atoms with Crippen LogP contribution in [0, 0.1) is 0 Å². The van der Waals surface area contributed by atoms with E-state index in [4.69, 9.17) is 0 Å². The molecule has 0 fully saturated rings. The van der Waals surface area contributed by atoms with E-state index in [9.17, 15) is 18.0 Å². The molecule has 1 amide bonds. The van der Waals surface area contributed by atoms with Crippen LogP contribution in [0.15, 0.2) is 40.2 Å². The Hall–Kier alpha value is -1.54. The van der Waals surface area contributed by atoms with Crippen molar-refractivity contribution in [3.05, 3.63) is 50.6 Å². The predicted molar refractivity (Wildman–Crippen MR) is 81.9 cm³/mol. The molecule has 0 saturated carbocycles. The Morgan fingerprint density at radius 1 is 1.32 bits per heavy atom. The molecule has 22 heavy (non-hydrogen) atoms. The van der Waals surface area contributed by atoms with Gasteiger partial charge in [0.05, 0.1) is 5.56 Å². The number of anilines is 1. The van der Waals surface area contributed by atoms with Crippen LogP contribution in [0.3, 0.4) is 0 Å². The maximum absolute atomic E-state index is 12.9. The number of carbonyl (C=O) groups excluding carboxylic acids is 1. The van der Waals surface area contributed by atoms with Gasteiger partial charge in [-0.05, 0) is 34.1 Å². The summed E-state index contributed by atoms with van der Waals surface area (Å²) in [6.07, 6.45) is -5.29. The van der Waals surface area contributed by atoms with Crippen molar-refractivity contribution in [2.75, 3.05) is 11.9 Å². The van der Waals surface area contributed by atoms with Gasteiger partial charge < -0.3 is 10.2 Å². The number of thiophene rings is 1. The maximum atomic E-state index is 12.9. The van der Waals surface area contributed by atoms with E-state index in [2.05, 4.69) is 21.2 Å². The zero-order valence-corrected chi connectivity index (χ0v) is 13.4. The van der Waals surface area contributed by atoms with Crippen molar-refractivity contribution in [2.45, 2.75) is 12.3 Å². The molecule has 0 radical (unpaired) electrons. The van der Waals surface area contributed by atoms with Crippen LogP contribution in [0.4, 0.5) is 18.9 Å². The molecule has 0 bridgehead atoms. The summed E-state index contributed by atoms with van der Waals surface area (Å²) in [6, 6.07) is 8.29. The highest BCUT2D eigenvalue weighted by molar-refractivity contribution is 9.10. The van der Waals surface area contributed by atoms with Crippen LogP contribution in [0.25, 0.3) is 0 Å².